The quantitative estimate of drug-likeness (QED) is 0.848. The Morgan fingerprint density at radius 2 is 1.87 bits per heavy atom. The van der Waals surface area contributed by atoms with Gasteiger partial charge in [-0.2, -0.15) is 0 Å². The summed E-state index contributed by atoms with van der Waals surface area (Å²) in [6.45, 7) is 0. The first-order valence-electron chi connectivity index (χ1n) is 4.39. The van der Waals surface area contributed by atoms with Gasteiger partial charge in [-0.1, -0.05) is 6.07 Å². The van der Waals surface area contributed by atoms with Crippen molar-refractivity contribution in [2.24, 2.45) is 0 Å². The summed E-state index contributed by atoms with van der Waals surface area (Å²) >= 11 is 3.38. The molecular weight excluding hydrogens is 256 g/mol. The molecule has 2 N–H and O–H groups in total. The third kappa shape index (κ3) is 2.27. The Morgan fingerprint density at radius 3 is 2.53 bits per heavy atom. The third-order valence-corrected chi connectivity index (χ3v) is 2.49. The predicted octanol–water partition coefficient (Wildman–Crippen LogP) is 3.22. The number of hydrogen-bond acceptors (Lipinski definition) is 3. The zero-order valence-corrected chi connectivity index (χ0v) is 9.44. The summed E-state index contributed by atoms with van der Waals surface area (Å²) in [7, 11) is 0. The Balaban J connectivity index is 2.32. The number of hydrogen-bond donors (Lipinski definition) is 1. The minimum atomic E-state index is 0.598. The van der Waals surface area contributed by atoms with Crippen molar-refractivity contribution in [2.75, 3.05) is 5.73 Å². The molecule has 2 rings (SSSR count). The number of aromatic nitrogens is 1. The first-order chi connectivity index (χ1) is 7.27. The lowest BCUT2D eigenvalue weighted by atomic mass is 10.3. The average molecular weight is 265 g/mol. The van der Waals surface area contributed by atoms with E-state index in [1.807, 2.05) is 12.1 Å². The molecule has 0 unspecified atom stereocenters. The third-order valence-electron chi connectivity index (χ3n) is 1.87. The van der Waals surface area contributed by atoms with Crippen molar-refractivity contribution in [1.29, 1.82) is 0 Å². The first kappa shape index (κ1) is 9.98. The van der Waals surface area contributed by atoms with E-state index in [1.54, 1.807) is 30.6 Å². The van der Waals surface area contributed by atoms with Crippen molar-refractivity contribution >= 4 is 21.6 Å². The Morgan fingerprint density at radius 1 is 1.13 bits per heavy atom. The highest BCUT2D eigenvalue weighted by Crippen LogP contribution is 2.34. The predicted molar refractivity (Wildman–Crippen MR) is 62.9 cm³/mol. The van der Waals surface area contributed by atoms with E-state index >= 15 is 0 Å². The van der Waals surface area contributed by atoms with E-state index in [0.717, 1.165) is 4.47 Å². The van der Waals surface area contributed by atoms with Crippen molar-refractivity contribution in [3.63, 3.8) is 0 Å². The Hall–Kier alpha value is -1.55. The average Bonchev–Trinajstić information content (AvgIpc) is 2.25. The van der Waals surface area contributed by atoms with Crippen LogP contribution < -0.4 is 10.5 Å². The van der Waals surface area contributed by atoms with Crippen LogP contribution in [0.1, 0.15) is 0 Å². The van der Waals surface area contributed by atoms with Gasteiger partial charge in [0.05, 0.1) is 10.2 Å². The number of nitrogens with zero attached hydrogens (tertiary/aromatic N) is 1. The molecule has 0 aliphatic rings. The molecule has 0 saturated heterocycles. The van der Waals surface area contributed by atoms with Crippen LogP contribution >= 0.6 is 15.9 Å². The van der Waals surface area contributed by atoms with Gasteiger partial charge in [-0.25, -0.2) is 0 Å². The maximum Gasteiger partial charge on any atom is 0.164 e. The van der Waals surface area contributed by atoms with Gasteiger partial charge < -0.3 is 10.5 Å². The van der Waals surface area contributed by atoms with Gasteiger partial charge in [0.2, 0.25) is 0 Å². The molecule has 1 heterocycles. The summed E-state index contributed by atoms with van der Waals surface area (Å²) in [5.41, 5.74) is 6.40. The molecule has 2 aromatic rings. The van der Waals surface area contributed by atoms with Gasteiger partial charge in [-0.3, -0.25) is 4.98 Å². The fourth-order valence-corrected chi connectivity index (χ4v) is 1.62. The second-order valence-electron chi connectivity index (χ2n) is 2.94. The molecule has 76 valence electrons. The number of ether oxygens (including phenoxy) is 1. The number of halogens is 1. The monoisotopic (exact) mass is 264 g/mol. The van der Waals surface area contributed by atoms with E-state index in [9.17, 15) is 0 Å². The second kappa shape index (κ2) is 4.31. The van der Waals surface area contributed by atoms with Crippen LogP contribution in [-0.2, 0) is 0 Å². The molecule has 3 nitrogen and oxygen atoms in total. The second-order valence-corrected chi connectivity index (χ2v) is 3.80. The van der Waals surface area contributed by atoms with Gasteiger partial charge in [-0.05, 0) is 40.2 Å². The lowest BCUT2D eigenvalue weighted by Crippen LogP contribution is -1.92. The lowest BCUT2D eigenvalue weighted by Gasteiger charge is -2.09. The van der Waals surface area contributed by atoms with Crippen molar-refractivity contribution in [3.05, 3.63) is 47.2 Å². The van der Waals surface area contributed by atoms with Gasteiger partial charge >= 0.3 is 0 Å². The highest BCUT2D eigenvalue weighted by molar-refractivity contribution is 9.10. The van der Waals surface area contributed by atoms with Crippen molar-refractivity contribution in [2.45, 2.75) is 0 Å². The van der Waals surface area contributed by atoms with Gasteiger partial charge in [0.15, 0.2) is 5.75 Å². The zero-order chi connectivity index (χ0) is 10.7. The van der Waals surface area contributed by atoms with E-state index in [2.05, 4.69) is 20.9 Å². The molecule has 0 saturated carbocycles. The number of nitrogens with two attached hydrogens (primary N) is 1. The summed E-state index contributed by atoms with van der Waals surface area (Å²) in [6, 6.07) is 9.09. The van der Waals surface area contributed by atoms with Crippen LogP contribution in [0.15, 0.2) is 47.2 Å². The molecule has 15 heavy (non-hydrogen) atoms. The number of nitrogen functional groups attached to an aromatic ring is 1. The van der Waals surface area contributed by atoms with E-state index < -0.39 is 0 Å². The molecule has 0 fully saturated rings. The number of para-hydroxylation sites is 1. The molecule has 0 aliphatic heterocycles. The zero-order valence-electron chi connectivity index (χ0n) is 7.85. The molecule has 0 spiro atoms. The van der Waals surface area contributed by atoms with Crippen LogP contribution in [0.2, 0.25) is 0 Å². The van der Waals surface area contributed by atoms with Gasteiger partial charge in [-0.15, -0.1) is 0 Å². The fraction of sp³-hybridized carbons (Fsp3) is 0. The van der Waals surface area contributed by atoms with Crippen LogP contribution in [-0.4, -0.2) is 4.98 Å². The number of anilines is 1. The molecule has 0 aliphatic carbocycles. The first-order valence-corrected chi connectivity index (χ1v) is 5.18. The van der Waals surface area contributed by atoms with Crippen molar-refractivity contribution < 1.29 is 4.74 Å². The summed E-state index contributed by atoms with van der Waals surface area (Å²) in [5, 5.41) is 0. The summed E-state index contributed by atoms with van der Waals surface area (Å²) in [6.07, 6.45) is 3.34. The Labute approximate surface area is 96.0 Å². The minimum Gasteiger partial charge on any atom is -0.454 e. The molecular formula is C11H9BrN2O. The fourth-order valence-electron chi connectivity index (χ4n) is 1.16. The SMILES string of the molecule is Nc1cccc(Br)c1Oc1ccncc1. The standard InChI is InChI=1S/C11H9BrN2O/c12-9-2-1-3-10(13)11(9)15-8-4-6-14-7-5-8/h1-7H,13H2. The molecule has 0 bridgehead atoms. The molecule has 0 atom stereocenters. The maximum absolute atomic E-state index is 5.80. The van der Waals surface area contributed by atoms with E-state index in [1.165, 1.54) is 0 Å². The van der Waals surface area contributed by atoms with E-state index in [-0.39, 0.29) is 0 Å². The van der Waals surface area contributed by atoms with Gasteiger partial charge in [0.1, 0.15) is 5.75 Å². The lowest BCUT2D eigenvalue weighted by molar-refractivity contribution is 0.481. The normalized spacial score (nSPS) is 9.93. The maximum atomic E-state index is 5.80. The summed E-state index contributed by atoms with van der Waals surface area (Å²) in [5.74, 6) is 1.34. The molecule has 4 heteroatoms. The molecule has 1 aromatic heterocycles. The number of pyridine rings is 1. The van der Waals surface area contributed by atoms with Crippen LogP contribution in [0, 0.1) is 0 Å². The van der Waals surface area contributed by atoms with Crippen LogP contribution in [0.5, 0.6) is 11.5 Å². The van der Waals surface area contributed by atoms with Crippen LogP contribution in [0.3, 0.4) is 0 Å². The summed E-state index contributed by atoms with van der Waals surface area (Å²) < 4.78 is 6.46. The largest absolute Gasteiger partial charge is 0.454 e. The highest BCUT2D eigenvalue weighted by atomic mass is 79.9. The summed E-state index contributed by atoms with van der Waals surface area (Å²) in [4.78, 5) is 3.91. The van der Waals surface area contributed by atoms with E-state index in [4.69, 9.17) is 10.5 Å². The smallest absolute Gasteiger partial charge is 0.164 e. The topological polar surface area (TPSA) is 48.1 Å². The Bertz CT molecular complexity index is 439. The molecule has 0 amide bonds. The van der Waals surface area contributed by atoms with Crippen molar-refractivity contribution in [3.8, 4) is 11.5 Å². The highest BCUT2D eigenvalue weighted by Gasteiger charge is 2.05. The Kier molecular flexibility index (Phi) is 2.87. The van der Waals surface area contributed by atoms with E-state index in [0.29, 0.717) is 17.2 Å². The van der Waals surface area contributed by atoms with Crippen LogP contribution in [0.25, 0.3) is 0 Å². The van der Waals surface area contributed by atoms with Crippen LogP contribution in [0.4, 0.5) is 5.69 Å². The molecule has 0 radical (unpaired) electrons. The van der Waals surface area contributed by atoms with Gasteiger partial charge in [0, 0.05) is 12.4 Å². The van der Waals surface area contributed by atoms with Gasteiger partial charge in [0.25, 0.3) is 0 Å². The number of benzene rings is 1. The van der Waals surface area contributed by atoms with Crippen molar-refractivity contribution in [1.82, 2.24) is 4.98 Å². The number of rotatable bonds is 2. The molecule has 1 aromatic carbocycles. The minimum absolute atomic E-state index is 0.598.